The van der Waals surface area contributed by atoms with E-state index in [1.54, 1.807) is 0 Å². The van der Waals surface area contributed by atoms with E-state index in [1.807, 2.05) is 36.1 Å². The van der Waals surface area contributed by atoms with Crippen molar-refractivity contribution in [1.29, 1.82) is 0 Å². The van der Waals surface area contributed by atoms with Gasteiger partial charge in [-0.2, -0.15) is 8.78 Å². The van der Waals surface area contributed by atoms with Crippen LogP contribution >= 0.6 is 0 Å². The molecular formula is C15H22F2N2O. The summed E-state index contributed by atoms with van der Waals surface area (Å²) in [7, 11) is 0. The molecule has 2 rings (SSSR count). The Balaban J connectivity index is 1.97. The van der Waals surface area contributed by atoms with Crippen molar-refractivity contribution in [3.63, 3.8) is 0 Å². The minimum absolute atomic E-state index is 0.0731. The van der Waals surface area contributed by atoms with Gasteiger partial charge in [-0.05, 0) is 44.5 Å². The third-order valence-corrected chi connectivity index (χ3v) is 3.70. The summed E-state index contributed by atoms with van der Waals surface area (Å²) in [6, 6.07) is 7.81. The fourth-order valence-electron chi connectivity index (χ4n) is 2.59. The van der Waals surface area contributed by atoms with Gasteiger partial charge in [0.1, 0.15) is 6.73 Å². The van der Waals surface area contributed by atoms with Gasteiger partial charge in [0.05, 0.1) is 0 Å². The number of aryl methyl sites for hydroxylation is 1. The standard InChI is InChI=1S/C15H22F2N2O/c1-13-6-2-3-7-14(13)19(12-20-15(16)17)11-10-18-8-4-5-9-18/h2-3,6-7,15H,4-5,8-12H2,1H3. The van der Waals surface area contributed by atoms with Gasteiger partial charge in [0.2, 0.25) is 0 Å². The van der Waals surface area contributed by atoms with Crippen LogP contribution in [0.25, 0.3) is 0 Å². The summed E-state index contributed by atoms with van der Waals surface area (Å²) in [5.41, 5.74) is 2.04. The zero-order valence-corrected chi connectivity index (χ0v) is 11.9. The molecule has 0 radical (unpaired) electrons. The Bertz CT molecular complexity index is 409. The number of hydrogen-bond donors (Lipinski definition) is 0. The Morgan fingerprint density at radius 1 is 1.25 bits per heavy atom. The summed E-state index contributed by atoms with van der Waals surface area (Å²) in [5.74, 6) is 0. The lowest BCUT2D eigenvalue weighted by atomic mass is 10.2. The highest BCUT2D eigenvalue weighted by molar-refractivity contribution is 5.52. The number of anilines is 1. The van der Waals surface area contributed by atoms with Crippen molar-refractivity contribution < 1.29 is 13.5 Å². The number of halogens is 2. The summed E-state index contributed by atoms with van der Waals surface area (Å²) < 4.78 is 29.1. The summed E-state index contributed by atoms with van der Waals surface area (Å²) in [6.07, 6.45) is 2.47. The molecule has 0 atom stereocenters. The van der Waals surface area contributed by atoms with E-state index in [1.165, 1.54) is 12.8 Å². The fraction of sp³-hybridized carbons (Fsp3) is 0.600. The molecule has 3 nitrogen and oxygen atoms in total. The normalized spacial score (nSPS) is 16.0. The number of hydrogen-bond acceptors (Lipinski definition) is 3. The van der Waals surface area contributed by atoms with E-state index in [9.17, 15) is 8.78 Å². The van der Waals surface area contributed by atoms with Crippen LogP contribution in [0.15, 0.2) is 24.3 Å². The lowest BCUT2D eigenvalue weighted by Gasteiger charge is -2.28. The molecule has 0 unspecified atom stereocenters. The highest BCUT2D eigenvalue weighted by Crippen LogP contribution is 2.20. The van der Waals surface area contributed by atoms with Crippen molar-refractivity contribution >= 4 is 5.69 Å². The smallest absolute Gasteiger partial charge is 0.346 e. The molecule has 0 amide bonds. The molecule has 1 aliphatic rings. The second-order valence-corrected chi connectivity index (χ2v) is 5.16. The number of ether oxygens (including phenoxy) is 1. The summed E-state index contributed by atoms with van der Waals surface area (Å²) in [5, 5.41) is 0. The number of likely N-dealkylation sites (tertiary alicyclic amines) is 1. The molecule has 1 aromatic carbocycles. The Morgan fingerprint density at radius 3 is 2.60 bits per heavy atom. The van der Waals surface area contributed by atoms with Crippen molar-refractivity contribution in [2.24, 2.45) is 0 Å². The first-order valence-electron chi connectivity index (χ1n) is 7.09. The molecule has 1 aliphatic heterocycles. The van der Waals surface area contributed by atoms with Crippen LogP contribution in [0.4, 0.5) is 14.5 Å². The van der Waals surface area contributed by atoms with Gasteiger partial charge in [-0.3, -0.25) is 0 Å². The SMILES string of the molecule is Cc1ccccc1N(CCN1CCCC1)COC(F)F. The van der Waals surface area contributed by atoms with E-state index in [0.717, 1.165) is 30.9 Å². The van der Waals surface area contributed by atoms with Crippen LogP contribution in [-0.4, -0.2) is 44.4 Å². The zero-order chi connectivity index (χ0) is 14.4. The Hall–Kier alpha value is -1.20. The number of rotatable bonds is 7. The minimum atomic E-state index is -2.73. The third kappa shape index (κ3) is 4.42. The summed E-state index contributed by atoms with van der Waals surface area (Å²) >= 11 is 0. The minimum Gasteiger partial charge on any atom is -0.347 e. The number of para-hydroxylation sites is 1. The van der Waals surface area contributed by atoms with Gasteiger partial charge in [-0.1, -0.05) is 18.2 Å². The van der Waals surface area contributed by atoms with Gasteiger partial charge in [0.25, 0.3) is 0 Å². The molecule has 0 N–H and O–H groups in total. The van der Waals surface area contributed by atoms with Crippen molar-refractivity contribution in [3.8, 4) is 0 Å². The van der Waals surface area contributed by atoms with E-state index in [4.69, 9.17) is 0 Å². The zero-order valence-electron chi connectivity index (χ0n) is 11.9. The van der Waals surface area contributed by atoms with Crippen LogP contribution < -0.4 is 4.90 Å². The van der Waals surface area contributed by atoms with Crippen LogP contribution in [0.1, 0.15) is 18.4 Å². The highest BCUT2D eigenvalue weighted by Gasteiger charge is 2.16. The van der Waals surface area contributed by atoms with Crippen molar-refractivity contribution in [2.45, 2.75) is 26.4 Å². The monoisotopic (exact) mass is 284 g/mol. The molecule has 0 aliphatic carbocycles. The van der Waals surface area contributed by atoms with Crippen LogP contribution in [0.3, 0.4) is 0 Å². The molecule has 0 bridgehead atoms. The first kappa shape index (κ1) is 15.2. The Labute approximate surface area is 119 Å². The van der Waals surface area contributed by atoms with Crippen molar-refractivity contribution in [1.82, 2.24) is 4.90 Å². The van der Waals surface area contributed by atoms with Crippen molar-refractivity contribution in [3.05, 3.63) is 29.8 Å². The molecule has 0 spiro atoms. The maximum Gasteiger partial charge on any atom is 0.346 e. The fourth-order valence-corrected chi connectivity index (χ4v) is 2.59. The molecule has 0 saturated carbocycles. The molecule has 1 heterocycles. The van der Waals surface area contributed by atoms with Gasteiger partial charge >= 0.3 is 6.61 Å². The summed E-state index contributed by atoms with van der Waals surface area (Å²) in [4.78, 5) is 4.26. The Morgan fingerprint density at radius 2 is 1.95 bits per heavy atom. The van der Waals surface area contributed by atoms with Gasteiger partial charge in [0, 0.05) is 18.8 Å². The topological polar surface area (TPSA) is 15.7 Å². The lowest BCUT2D eigenvalue weighted by Crippen LogP contribution is -2.36. The average molecular weight is 284 g/mol. The second kappa shape index (κ2) is 7.55. The van der Waals surface area contributed by atoms with Gasteiger partial charge in [0.15, 0.2) is 0 Å². The van der Waals surface area contributed by atoms with Gasteiger partial charge in [-0.15, -0.1) is 0 Å². The quantitative estimate of drug-likeness (QED) is 0.716. The molecule has 20 heavy (non-hydrogen) atoms. The number of alkyl halides is 2. The molecular weight excluding hydrogens is 262 g/mol. The predicted molar refractivity (Wildman–Crippen MR) is 76.2 cm³/mol. The van der Waals surface area contributed by atoms with Crippen molar-refractivity contribution in [2.75, 3.05) is 37.8 Å². The first-order chi connectivity index (χ1) is 9.66. The van der Waals surface area contributed by atoms with E-state index in [0.29, 0.717) is 6.54 Å². The molecule has 1 fully saturated rings. The molecule has 5 heteroatoms. The van der Waals surface area contributed by atoms with Crippen LogP contribution in [0.5, 0.6) is 0 Å². The molecule has 1 aromatic rings. The van der Waals surface area contributed by atoms with Crippen LogP contribution in [0, 0.1) is 6.92 Å². The molecule has 0 aromatic heterocycles. The third-order valence-electron chi connectivity index (χ3n) is 3.70. The van der Waals surface area contributed by atoms with E-state index >= 15 is 0 Å². The lowest BCUT2D eigenvalue weighted by molar-refractivity contribution is -0.128. The summed E-state index contributed by atoms with van der Waals surface area (Å²) in [6.45, 7) is 3.00. The maximum atomic E-state index is 12.3. The molecule has 1 saturated heterocycles. The molecule has 112 valence electrons. The van der Waals surface area contributed by atoms with E-state index in [-0.39, 0.29) is 6.73 Å². The Kier molecular flexibility index (Phi) is 5.73. The second-order valence-electron chi connectivity index (χ2n) is 5.16. The van der Waals surface area contributed by atoms with E-state index in [2.05, 4.69) is 9.64 Å². The van der Waals surface area contributed by atoms with Crippen LogP contribution in [-0.2, 0) is 4.74 Å². The average Bonchev–Trinajstić information content (AvgIpc) is 2.93. The predicted octanol–water partition coefficient (Wildman–Crippen LogP) is 3.09. The van der Waals surface area contributed by atoms with E-state index < -0.39 is 6.61 Å². The highest BCUT2D eigenvalue weighted by atomic mass is 19.3. The maximum absolute atomic E-state index is 12.3. The first-order valence-corrected chi connectivity index (χ1v) is 7.09. The number of benzene rings is 1. The van der Waals surface area contributed by atoms with Gasteiger partial charge < -0.3 is 14.5 Å². The number of nitrogens with zero attached hydrogens (tertiary/aromatic N) is 2. The largest absolute Gasteiger partial charge is 0.347 e. The van der Waals surface area contributed by atoms with Crippen LogP contribution in [0.2, 0.25) is 0 Å². The van der Waals surface area contributed by atoms with Gasteiger partial charge in [-0.25, -0.2) is 0 Å².